The van der Waals surface area contributed by atoms with Crippen LogP contribution in [-0.2, 0) is 23.8 Å². The minimum atomic E-state index is -5.76. The van der Waals surface area contributed by atoms with Crippen molar-refractivity contribution < 1.29 is 40.0 Å². The zero-order chi connectivity index (χ0) is 21.9. The van der Waals surface area contributed by atoms with Gasteiger partial charge in [0.15, 0.2) is 0 Å². The van der Waals surface area contributed by atoms with Crippen LogP contribution < -0.4 is 4.74 Å². The molecule has 0 saturated carbocycles. The van der Waals surface area contributed by atoms with Gasteiger partial charge in [0, 0.05) is 12.5 Å². The van der Waals surface area contributed by atoms with Gasteiger partial charge in [0.1, 0.15) is 17.8 Å². The number of ether oxygens (including phenoxy) is 2. The van der Waals surface area contributed by atoms with Crippen molar-refractivity contribution in [2.24, 2.45) is 5.41 Å². The number of hydrogen-bond donors (Lipinski definition) is 0. The van der Waals surface area contributed by atoms with E-state index >= 15 is 0 Å². The van der Waals surface area contributed by atoms with Crippen molar-refractivity contribution in [3.8, 4) is 5.88 Å². The predicted octanol–water partition coefficient (Wildman–Crippen LogP) is 4.04. The first-order valence-corrected chi connectivity index (χ1v) is 10.7. The van der Waals surface area contributed by atoms with E-state index in [1.165, 1.54) is 11.5 Å². The fraction of sp³-hybridized carbons (Fsp3) is 0.529. The highest BCUT2D eigenvalue weighted by atomic mass is 32.2. The highest BCUT2D eigenvalue weighted by Gasteiger charge is 2.50. The zero-order valence-corrected chi connectivity index (χ0v) is 17.4. The fourth-order valence-electron chi connectivity index (χ4n) is 2.54. The number of nitrogens with zero attached hydrogens (tertiary/aromatic N) is 1. The van der Waals surface area contributed by atoms with Crippen LogP contribution in [-0.4, -0.2) is 37.5 Å². The van der Waals surface area contributed by atoms with E-state index in [4.69, 9.17) is 9.47 Å². The molecule has 0 amide bonds. The summed E-state index contributed by atoms with van der Waals surface area (Å²) in [6, 6.07) is 1.66. The topological polar surface area (TPSA) is 91.8 Å². The van der Waals surface area contributed by atoms with E-state index in [1.54, 1.807) is 19.9 Å². The molecule has 1 heterocycles. The van der Waals surface area contributed by atoms with Gasteiger partial charge in [-0.1, -0.05) is 6.58 Å². The molecule has 12 heteroatoms. The minimum Gasteiger partial charge on any atom is -0.476 e. The van der Waals surface area contributed by atoms with Gasteiger partial charge in [-0.3, -0.25) is 4.79 Å². The van der Waals surface area contributed by atoms with Crippen LogP contribution in [0.15, 0.2) is 24.5 Å². The van der Waals surface area contributed by atoms with Crippen molar-refractivity contribution >= 4 is 33.2 Å². The van der Waals surface area contributed by atoms with Crippen molar-refractivity contribution in [2.45, 2.75) is 38.6 Å². The van der Waals surface area contributed by atoms with Crippen LogP contribution in [0.1, 0.15) is 38.0 Å². The number of rotatable bonds is 8. The second-order valence-corrected chi connectivity index (χ2v) is 8.80. The van der Waals surface area contributed by atoms with Crippen LogP contribution in [0.25, 0.3) is 5.57 Å². The van der Waals surface area contributed by atoms with Crippen molar-refractivity contribution in [1.82, 2.24) is 4.37 Å². The summed E-state index contributed by atoms with van der Waals surface area (Å²) >= 11 is 1.17. The number of halogens is 3. The van der Waals surface area contributed by atoms with Gasteiger partial charge in [-0.15, -0.1) is 0 Å². The van der Waals surface area contributed by atoms with Gasteiger partial charge in [0.2, 0.25) is 5.88 Å². The molecule has 0 spiro atoms. The number of carbonyl (C=O) groups excluding carboxylic acids is 1. The Morgan fingerprint density at radius 1 is 1.41 bits per heavy atom. The van der Waals surface area contributed by atoms with Gasteiger partial charge in [-0.2, -0.15) is 26.0 Å². The van der Waals surface area contributed by atoms with Crippen LogP contribution in [0.4, 0.5) is 13.2 Å². The maximum atomic E-state index is 12.5. The van der Waals surface area contributed by atoms with Gasteiger partial charge in [0.25, 0.3) is 0 Å². The highest BCUT2D eigenvalue weighted by Crippen LogP contribution is 2.39. The Kier molecular flexibility index (Phi) is 6.99. The Labute approximate surface area is 170 Å². The van der Waals surface area contributed by atoms with Crippen molar-refractivity contribution in [2.75, 3.05) is 13.2 Å². The molecular formula is C17H20F3NO6S2. The largest absolute Gasteiger partial charge is 0.534 e. The van der Waals surface area contributed by atoms with E-state index < -0.39 is 27.0 Å². The Morgan fingerprint density at radius 3 is 2.59 bits per heavy atom. The smallest absolute Gasteiger partial charge is 0.476 e. The molecule has 1 aromatic heterocycles. The summed E-state index contributed by atoms with van der Waals surface area (Å²) in [5, 5.41) is 0. The number of esters is 1. The average Bonchev–Trinajstić information content (AvgIpc) is 3.10. The normalized spacial score (nSPS) is 20.0. The second kappa shape index (κ2) is 8.74. The molecule has 0 fully saturated rings. The molecule has 7 nitrogen and oxygen atoms in total. The number of hydrogen-bond acceptors (Lipinski definition) is 8. The molecule has 1 aliphatic rings. The number of allylic oxidation sites excluding steroid dienone is 3. The van der Waals surface area contributed by atoms with Crippen LogP contribution in [0.2, 0.25) is 0 Å². The monoisotopic (exact) mass is 455 g/mol. The molecule has 0 N–H and O–H groups in total. The van der Waals surface area contributed by atoms with Crippen molar-refractivity contribution in [3.05, 3.63) is 29.4 Å². The van der Waals surface area contributed by atoms with Gasteiger partial charge < -0.3 is 13.7 Å². The van der Waals surface area contributed by atoms with E-state index in [1.807, 2.05) is 0 Å². The Hall–Kier alpha value is -2.08. The molecule has 1 unspecified atom stereocenters. The molecule has 0 radical (unpaired) electrons. The molecule has 0 aromatic carbocycles. The van der Waals surface area contributed by atoms with Crippen molar-refractivity contribution in [3.63, 3.8) is 0 Å². The molecule has 162 valence electrons. The van der Waals surface area contributed by atoms with Crippen LogP contribution in [0, 0.1) is 5.41 Å². The first-order chi connectivity index (χ1) is 13.4. The number of aromatic nitrogens is 1. The molecule has 0 aliphatic heterocycles. The third-order valence-electron chi connectivity index (χ3n) is 4.18. The van der Waals surface area contributed by atoms with Crippen LogP contribution >= 0.6 is 11.5 Å². The lowest BCUT2D eigenvalue weighted by Crippen LogP contribution is -2.40. The van der Waals surface area contributed by atoms with E-state index in [-0.39, 0.29) is 44.1 Å². The summed E-state index contributed by atoms with van der Waals surface area (Å²) in [4.78, 5) is 13.3. The number of carbonyl (C=O) groups is 1. The Balaban J connectivity index is 2.16. The molecule has 1 aliphatic carbocycles. The average molecular weight is 455 g/mol. The van der Waals surface area contributed by atoms with E-state index in [2.05, 4.69) is 15.1 Å². The standard InChI is InChI=1S/C17H20F3NO6S2/c1-4-25-15(22)16(10-26-14-9-13(11(2)3)28-21-14)7-5-12(6-8-16)27-29(23,24)17(18,19)20/h5,9H,2,4,6-8,10H2,1,3H3. The van der Waals surface area contributed by atoms with E-state index in [9.17, 15) is 26.4 Å². The summed E-state index contributed by atoms with van der Waals surface area (Å²) < 4.78 is 78.8. The van der Waals surface area contributed by atoms with Crippen molar-refractivity contribution in [1.29, 1.82) is 0 Å². The van der Waals surface area contributed by atoms with Crippen LogP contribution in [0.5, 0.6) is 5.88 Å². The molecule has 1 aromatic rings. The molecule has 0 bridgehead atoms. The lowest BCUT2D eigenvalue weighted by molar-refractivity contribution is -0.158. The Bertz CT molecular complexity index is 907. The fourth-order valence-corrected chi connectivity index (χ4v) is 3.67. The second-order valence-electron chi connectivity index (χ2n) is 6.46. The first kappa shape index (κ1) is 23.2. The maximum Gasteiger partial charge on any atom is 0.534 e. The van der Waals surface area contributed by atoms with E-state index in [0.717, 1.165) is 16.5 Å². The quantitative estimate of drug-likeness (QED) is 0.332. The molecule has 29 heavy (non-hydrogen) atoms. The first-order valence-electron chi connectivity index (χ1n) is 8.52. The highest BCUT2D eigenvalue weighted by molar-refractivity contribution is 7.87. The molecular weight excluding hydrogens is 435 g/mol. The number of alkyl halides is 3. The lowest BCUT2D eigenvalue weighted by atomic mass is 9.77. The summed E-state index contributed by atoms with van der Waals surface area (Å²) in [5.41, 5.74) is -5.93. The summed E-state index contributed by atoms with van der Waals surface area (Å²) in [7, 11) is -5.76. The Morgan fingerprint density at radius 2 is 2.10 bits per heavy atom. The van der Waals surface area contributed by atoms with Gasteiger partial charge in [-0.25, -0.2) is 0 Å². The zero-order valence-electron chi connectivity index (χ0n) is 15.7. The van der Waals surface area contributed by atoms with Gasteiger partial charge in [0.05, 0.1) is 11.5 Å². The third-order valence-corrected chi connectivity index (χ3v) is 6.12. The molecule has 0 saturated heterocycles. The summed E-state index contributed by atoms with van der Waals surface area (Å²) in [6.07, 6.45) is 0.827. The SMILES string of the molecule is C=C(C)c1cc(OCC2(C(=O)OCC)CC=C(OS(=O)(=O)C(F)(F)F)CC2)ns1. The third kappa shape index (κ3) is 5.50. The minimum absolute atomic E-state index is 0.0114. The van der Waals surface area contributed by atoms with E-state index in [0.29, 0.717) is 0 Å². The summed E-state index contributed by atoms with van der Waals surface area (Å²) in [5.74, 6) is -0.688. The van der Waals surface area contributed by atoms with Gasteiger partial charge >= 0.3 is 21.6 Å². The summed E-state index contributed by atoms with van der Waals surface area (Å²) in [6.45, 7) is 7.19. The molecule has 2 rings (SSSR count). The van der Waals surface area contributed by atoms with Crippen LogP contribution in [0.3, 0.4) is 0 Å². The molecule has 1 atom stereocenters. The van der Waals surface area contributed by atoms with Gasteiger partial charge in [-0.05, 0) is 49.9 Å². The predicted molar refractivity (Wildman–Crippen MR) is 99.4 cm³/mol. The lowest BCUT2D eigenvalue weighted by Gasteiger charge is -2.33. The maximum absolute atomic E-state index is 12.5.